The first-order chi connectivity index (χ1) is 28.5. The molecule has 59 heavy (non-hydrogen) atoms. The smallest absolute Gasteiger partial charge is 0.258 e. The van der Waals surface area contributed by atoms with E-state index in [4.69, 9.17) is 0 Å². The summed E-state index contributed by atoms with van der Waals surface area (Å²) >= 11 is 0. The predicted molar refractivity (Wildman–Crippen MR) is 224 cm³/mol. The summed E-state index contributed by atoms with van der Waals surface area (Å²) in [6.45, 7) is 8.12. The van der Waals surface area contributed by atoms with E-state index in [-0.39, 0.29) is 47.3 Å². The van der Waals surface area contributed by atoms with Crippen LogP contribution in [0.5, 0.6) is 0 Å². The molecule has 4 heterocycles. The van der Waals surface area contributed by atoms with E-state index in [1.807, 2.05) is 62.4 Å². The molecular formula is C47H44N4O8. The van der Waals surface area contributed by atoms with Crippen molar-refractivity contribution >= 4 is 64.3 Å². The molecule has 3 aromatic carbocycles. The normalized spacial score (nSPS) is 16.6. The maximum Gasteiger partial charge on any atom is 0.258 e. The van der Waals surface area contributed by atoms with E-state index >= 15 is 0 Å². The fourth-order valence-corrected chi connectivity index (χ4v) is 6.44. The van der Waals surface area contributed by atoms with E-state index in [0.717, 1.165) is 36.1 Å². The zero-order valence-corrected chi connectivity index (χ0v) is 33.3. The third kappa shape index (κ3) is 10.2. The Balaban J connectivity index is 0.000000177. The van der Waals surface area contributed by atoms with E-state index in [9.17, 15) is 38.4 Å². The summed E-state index contributed by atoms with van der Waals surface area (Å²) in [6.07, 6.45) is 18.0. The van der Waals surface area contributed by atoms with Gasteiger partial charge in [-0.2, -0.15) is 0 Å². The van der Waals surface area contributed by atoms with Gasteiger partial charge in [-0.25, -0.2) is 19.6 Å². The van der Waals surface area contributed by atoms with Crippen LogP contribution in [0.4, 0.5) is 17.1 Å². The molecule has 3 aromatic rings. The molecule has 300 valence electrons. The lowest BCUT2D eigenvalue weighted by atomic mass is 9.95. The lowest BCUT2D eigenvalue weighted by Crippen LogP contribution is -2.29. The summed E-state index contributed by atoms with van der Waals surface area (Å²) in [4.78, 5) is 97.0. The second-order valence-corrected chi connectivity index (χ2v) is 13.2. The largest absolute Gasteiger partial charge is 0.269 e. The van der Waals surface area contributed by atoms with Crippen LogP contribution in [0.1, 0.15) is 57.2 Å². The van der Waals surface area contributed by atoms with Crippen LogP contribution in [0.15, 0.2) is 145 Å². The minimum atomic E-state index is -0.332. The molecule has 0 saturated carbocycles. The molecule has 12 nitrogen and oxygen atoms in total. The average molecular weight is 793 g/mol. The predicted octanol–water partition coefficient (Wildman–Crippen LogP) is 6.57. The van der Waals surface area contributed by atoms with Crippen molar-refractivity contribution in [1.29, 1.82) is 0 Å². The number of imide groups is 4. The molecule has 0 unspecified atom stereocenters. The first-order valence-electron chi connectivity index (χ1n) is 19.4. The summed E-state index contributed by atoms with van der Waals surface area (Å²) in [7, 11) is 0. The van der Waals surface area contributed by atoms with Crippen LogP contribution in [0, 0.1) is 0 Å². The average Bonchev–Trinajstić information content (AvgIpc) is 4.00. The Hall–Kier alpha value is -7.34. The Morgan fingerprint density at radius 1 is 0.373 bits per heavy atom. The third-order valence-electron chi connectivity index (χ3n) is 9.57. The monoisotopic (exact) mass is 792 g/mol. The Morgan fingerprint density at radius 2 is 0.661 bits per heavy atom. The number of nitrogens with zero attached hydrogens (tertiary/aromatic N) is 4. The Morgan fingerprint density at radius 3 is 0.932 bits per heavy atom. The van der Waals surface area contributed by atoms with E-state index in [1.54, 1.807) is 36.4 Å². The van der Waals surface area contributed by atoms with Crippen LogP contribution in [0.25, 0.3) is 0 Å². The van der Waals surface area contributed by atoms with Gasteiger partial charge in [0.05, 0.1) is 17.1 Å². The number of anilines is 3. The number of benzene rings is 3. The summed E-state index contributed by atoms with van der Waals surface area (Å²) in [5, 5.41) is 0. The Kier molecular flexibility index (Phi) is 14.3. The second kappa shape index (κ2) is 19.7. The van der Waals surface area contributed by atoms with Gasteiger partial charge in [-0.15, -0.1) is 0 Å². The van der Waals surface area contributed by atoms with Gasteiger partial charge >= 0.3 is 0 Å². The fourth-order valence-electron chi connectivity index (χ4n) is 6.44. The zero-order valence-electron chi connectivity index (χ0n) is 33.3. The maximum atomic E-state index is 11.7. The molecule has 1 aliphatic carbocycles. The van der Waals surface area contributed by atoms with Gasteiger partial charge in [0.2, 0.25) is 0 Å². The van der Waals surface area contributed by atoms with Gasteiger partial charge in [0, 0.05) is 54.3 Å². The fraction of sp³-hybridized carbons (Fsp3) is 0.191. The molecule has 0 spiro atoms. The molecule has 5 aliphatic rings. The van der Waals surface area contributed by atoms with Crippen LogP contribution in [-0.4, -0.2) is 52.2 Å². The van der Waals surface area contributed by atoms with E-state index < -0.39 is 0 Å². The van der Waals surface area contributed by atoms with Gasteiger partial charge in [0.1, 0.15) is 0 Å². The minimum absolute atomic E-state index is 0.274. The second-order valence-electron chi connectivity index (χ2n) is 13.2. The molecule has 0 N–H and O–H groups in total. The number of amides is 8. The van der Waals surface area contributed by atoms with Crippen LogP contribution in [-0.2, 0) is 57.6 Å². The maximum absolute atomic E-state index is 11.7. The number of hydrogen-bond donors (Lipinski definition) is 0. The third-order valence-corrected chi connectivity index (χ3v) is 9.57. The van der Waals surface area contributed by atoms with Crippen molar-refractivity contribution in [3.05, 3.63) is 162 Å². The van der Waals surface area contributed by atoms with Gasteiger partial charge in [0.15, 0.2) is 0 Å². The van der Waals surface area contributed by atoms with E-state index in [0.29, 0.717) is 29.2 Å². The van der Waals surface area contributed by atoms with Gasteiger partial charge in [0.25, 0.3) is 47.3 Å². The Labute approximate surface area is 342 Å². The highest BCUT2D eigenvalue weighted by molar-refractivity contribution is 6.29. The quantitative estimate of drug-likeness (QED) is 0.233. The van der Waals surface area contributed by atoms with Crippen molar-refractivity contribution in [2.75, 3.05) is 14.7 Å². The number of carbonyl (C=O) groups excluding carboxylic acids is 8. The zero-order chi connectivity index (χ0) is 42.6. The standard InChI is InChI=1S/C21H16N2O4.2C12H11NO2.C2H6/c24-18-9-10-19(25)22(18)16-5-1-14(2-6-16)13-15-3-7-17(8-4-15)23-20(26)11-12-21(23)27;2*1-2-9-3-5-10(6-4-9)13-11(14)7-8-12(13)15;1-2/h1-3,5-7,9-12H,4,8,13H2;2*3-8H,2H2,1H3;1-2H3. The van der Waals surface area contributed by atoms with Gasteiger partial charge in [-0.1, -0.05) is 75.7 Å². The summed E-state index contributed by atoms with van der Waals surface area (Å²) < 4.78 is 0. The van der Waals surface area contributed by atoms with Crippen LogP contribution >= 0.6 is 0 Å². The Bertz CT molecular complexity index is 2190. The first kappa shape index (κ1) is 42.8. The molecule has 0 fully saturated rings. The van der Waals surface area contributed by atoms with Gasteiger partial charge < -0.3 is 0 Å². The number of rotatable bonds is 8. The van der Waals surface area contributed by atoms with Crippen molar-refractivity contribution in [2.45, 2.75) is 59.8 Å². The summed E-state index contributed by atoms with van der Waals surface area (Å²) in [5.41, 5.74) is 7.15. The van der Waals surface area contributed by atoms with Crippen molar-refractivity contribution in [3.63, 3.8) is 0 Å². The molecule has 0 saturated heterocycles. The van der Waals surface area contributed by atoms with Gasteiger partial charge in [-0.05, 0) is 91.3 Å². The van der Waals surface area contributed by atoms with Crippen molar-refractivity contribution in [1.82, 2.24) is 4.90 Å². The molecule has 8 amide bonds. The van der Waals surface area contributed by atoms with E-state index in [2.05, 4.69) is 13.8 Å². The van der Waals surface area contributed by atoms with Crippen LogP contribution in [0.2, 0.25) is 0 Å². The summed E-state index contributed by atoms with van der Waals surface area (Å²) in [5.74, 6) is -2.35. The topological polar surface area (TPSA) is 150 Å². The first-order valence-corrected chi connectivity index (χ1v) is 19.4. The van der Waals surface area contributed by atoms with Gasteiger partial charge in [-0.3, -0.25) is 38.4 Å². The molecule has 4 aliphatic heterocycles. The lowest BCUT2D eigenvalue weighted by Gasteiger charge is -2.21. The highest BCUT2D eigenvalue weighted by atomic mass is 16.2. The summed E-state index contributed by atoms with van der Waals surface area (Å²) in [6, 6.07) is 22.2. The van der Waals surface area contributed by atoms with Crippen LogP contribution in [0.3, 0.4) is 0 Å². The molecular weight excluding hydrogens is 749 g/mol. The van der Waals surface area contributed by atoms with Crippen molar-refractivity contribution in [2.24, 2.45) is 0 Å². The highest BCUT2D eigenvalue weighted by Crippen LogP contribution is 2.27. The van der Waals surface area contributed by atoms with E-state index in [1.165, 1.54) is 80.0 Å². The van der Waals surface area contributed by atoms with Crippen molar-refractivity contribution in [3.8, 4) is 0 Å². The van der Waals surface area contributed by atoms with Crippen LogP contribution < -0.4 is 14.7 Å². The highest BCUT2D eigenvalue weighted by Gasteiger charge is 2.29. The molecule has 0 radical (unpaired) electrons. The number of hydrogen-bond acceptors (Lipinski definition) is 8. The number of allylic oxidation sites excluding steroid dienone is 4. The molecule has 0 atom stereocenters. The molecule has 0 aromatic heterocycles. The van der Waals surface area contributed by atoms with Crippen molar-refractivity contribution < 1.29 is 38.4 Å². The number of aryl methyl sites for hydroxylation is 2. The molecule has 0 bridgehead atoms. The minimum Gasteiger partial charge on any atom is -0.269 e. The molecule has 8 rings (SSSR count). The lowest BCUT2D eigenvalue weighted by molar-refractivity contribution is -0.135. The SMILES string of the molecule is CC.CCc1ccc(N2C(=O)C=CC2=O)cc1.CCc1ccc(N2C(=O)C=CC2=O)cc1.O=C1C=CC(=O)N1C1=CC=C(Cc2ccc(N3C(=O)C=CC3=O)cc2)CC1. The number of carbonyl (C=O) groups is 8. The molecule has 12 heteroatoms.